The largest absolute Gasteiger partial charge is 0.366 e. The van der Waals surface area contributed by atoms with Crippen LogP contribution in [-0.4, -0.2) is 68.4 Å². The fraction of sp³-hybridized carbons (Fsp3) is 0.452. The Morgan fingerprint density at radius 3 is 2.19 bits per heavy atom. The molecule has 2 fully saturated rings. The number of nitrogens with two attached hydrogens (primary N) is 2. The molecular weight excluding hydrogens is 546 g/mol. The predicted octanol–water partition coefficient (Wildman–Crippen LogP) is 1.49. The fourth-order valence-electron chi connectivity index (χ4n) is 7.15. The number of carbonyl (C=O) groups excluding carboxylic acids is 3. The van der Waals surface area contributed by atoms with Crippen molar-refractivity contribution in [2.45, 2.75) is 68.9 Å². The molecule has 12 nitrogen and oxygen atoms in total. The highest BCUT2D eigenvalue weighted by Gasteiger charge is 2.48. The standard InChI is InChI=1S/C31H35N9O3/c32-16-23-5-2-12-40(23)27(41)17-35-26(18-3-1-4-18)15-31(30-36-38-39-37-30)24-10-8-21(28(33)42)13-19(24)6-7-20-14-22(29(34)43)9-11-25(20)31/h8-11,13-14,18,23,26,35H,1-7,12,15,17H2,(H2,33,42)(H2,34,43)(H,36,37,38,39)/t23?,26-/m0/s1. The maximum Gasteiger partial charge on any atom is 0.248 e. The van der Waals surface area contributed by atoms with Gasteiger partial charge in [-0.05, 0) is 97.4 Å². The molecule has 3 aliphatic rings. The lowest BCUT2D eigenvalue weighted by atomic mass is 9.64. The number of likely N-dealkylation sites (tertiary alicyclic amines) is 1. The molecular formula is C31H35N9O3. The second-order valence-corrected chi connectivity index (χ2v) is 11.9. The molecule has 1 unspecified atom stereocenters. The molecule has 222 valence electrons. The first-order chi connectivity index (χ1) is 20.8. The molecule has 3 aromatic rings. The maximum atomic E-state index is 13.3. The quantitative estimate of drug-likeness (QED) is 0.291. The van der Waals surface area contributed by atoms with Crippen LogP contribution in [0.5, 0.6) is 0 Å². The smallest absolute Gasteiger partial charge is 0.248 e. The number of nitrogens with zero attached hydrogens (tertiary/aromatic N) is 5. The molecule has 1 saturated heterocycles. The Hall–Kier alpha value is -4.63. The molecule has 0 bridgehead atoms. The monoisotopic (exact) mass is 581 g/mol. The number of hydrogen-bond acceptors (Lipinski definition) is 8. The summed E-state index contributed by atoms with van der Waals surface area (Å²) >= 11 is 0. The van der Waals surface area contributed by atoms with Crippen molar-refractivity contribution in [2.75, 3.05) is 13.1 Å². The molecule has 6 N–H and O–H groups in total. The van der Waals surface area contributed by atoms with E-state index in [1.165, 1.54) is 0 Å². The SMILES string of the molecule is N#CC1CCCN1C(=O)CN[C@@H](CC1(c2nn[nH]n2)c2ccc(C(N)=O)cc2CCc2cc(C(N)=O)ccc21)C1CCC1. The second kappa shape index (κ2) is 11.6. The number of primary amides is 2. The van der Waals surface area contributed by atoms with Crippen LogP contribution < -0.4 is 16.8 Å². The minimum atomic E-state index is -0.931. The van der Waals surface area contributed by atoms with Gasteiger partial charge in [0, 0.05) is 23.7 Å². The molecule has 0 spiro atoms. The average Bonchev–Trinajstić information content (AvgIpc) is 3.67. The highest BCUT2D eigenvalue weighted by atomic mass is 16.2. The molecule has 2 atom stereocenters. The van der Waals surface area contributed by atoms with Crippen molar-refractivity contribution < 1.29 is 14.4 Å². The van der Waals surface area contributed by atoms with Gasteiger partial charge in [-0.2, -0.15) is 10.5 Å². The van der Waals surface area contributed by atoms with Crippen molar-refractivity contribution in [3.05, 3.63) is 75.6 Å². The third-order valence-corrected chi connectivity index (χ3v) is 9.57. The third kappa shape index (κ3) is 5.14. The number of benzene rings is 2. The zero-order valence-corrected chi connectivity index (χ0v) is 23.9. The van der Waals surface area contributed by atoms with Crippen molar-refractivity contribution in [1.82, 2.24) is 30.8 Å². The lowest BCUT2D eigenvalue weighted by Gasteiger charge is -2.42. The summed E-state index contributed by atoms with van der Waals surface area (Å²) in [4.78, 5) is 39.3. The minimum Gasteiger partial charge on any atom is -0.366 e. The van der Waals surface area contributed by atoms with Crippen molar-refractivity contribution >= 4 is 17.7 Å². The van der Waals surface area contributed by atoms with E-state index in [1.54, 1.807) is 17.0 Å². The van der Waals surface area contributed by atoms with E-state index in [4.69, 9.17) is 11.5 Å². The number of nitriles is 1. The Kier molecular flexibility index (Phi) is 7.66. The summed E-state index contributed by atoms with van der Waals surface area (Å²) < 4.78 is 0. The Balaban J connectivity index is 1.47. The first-order valence-electron chi connectivity index (χ1n) is 14.8. The first kappa shape index (κ1) is 28.5. The molecule has 0 radical (unpaired) electrons. The van der Waals surface area contributed by atoms with Gasteiger partial charge >= 0.3 is 0 Å². The third-order valence-electron chi connectivity index (χ3n) is 9.57. The Morgan fingerprint density at radius 2 is 1.67 bits per heavy atom. The van der Waals surface area contributed by atoms with Crippen LogP contribution in [0.1, 0.15) is 87.3 Å². The topological polar surface area (TPSA) is 197 Å². The van der Waals surface area contributed by atoms with E-state index in [1.807, 2.05) is 24.3 Å². The zero-order valence-electron chi connectivity index (χ0n) is 23.9. The maximum absolute atomic E-state index is 13.3. The second-order valence-electron chi connectivity index (χ2n) is 11.9. The van der Waals surface area contributed by atoms with Crippen molar-refractivity contribution in [2.24, 2.45) is 17.4 Å². The van der Waals surface area contributed by atoms with Crippen LogP contribution in [0, 0.1) is 17.2 Å². The lowest BCUT2D eigenvalue weighted by Crippen LogP contribution is -2.50. The molecule has 43 heavy (non-hydrogen) atoms. The summed E-state index contributed by atoms with van der Waals surface area (Å²) in [7, 11) is 0. The first-order valence-corrected chi connectivity index (χ1v) is 14.8. The van der Waals surface area contributed by atoms with Crippen LogP contribution in [0.4, 0.5) is 0 Å². The Labute approximate surface area is 249 Å². The normalized spacial score (nSPS) is 19.8. The van der Waals surface area contributed by atoms with Crippen molar-refractivity contribution in [3.8, 4) is 6.07 Å². The average molecular weight is 582 g/mol. The van der Waals surface area contributed by atoms with Gasteiger partial charge in [-0.15, -0.1) is 10.2 Å². The number of nitrogens with one attached hydrogen (secondary N) is 2. The highest BCUT2D eigenvalue weighted by molar-refractivity contribution is 5.94. The van der Waals surface area contributed by atoms with Crippen LogP contribution in [0.3, 0.4) is 0 Å². The summed E-state index contributed by atoms with van der Waals surface area (Å²) in [6, 6.07) is 12.7. The molecule has 3 amide bonds. The van der Waals surface area contributed by atoms with E-state index < -0.39 is 17.2 Å². The molecule has 2 aromatic carbocycles. The van der Waals surface area contributed by atoms with Crippen molar-refractivity contribution in [3.63, 3.8) is 0 Å². The summed E-state index contributed by atoms with van der Waals surface area (Å²) in [5, 5.41) is 28.8. The predicted molar refractivity (Wildman–Crippen MR) is 155 cm³/mol. The van der Waals surface area contributed by atoms with Gasteiger partial charge in [0.1, 0.15) is 6.04 Å². The van der Waals surface area contributed by atoms with E-state index in [0.29, 0.717) is 55.1 Å². The van der Waals surface area contributed by atoms with Gasteiger partial charge in [0.05, 0.1) is 18.0 Å². The summed E-state index contributed by atoms with van der Waals surface area (Å²) in [5.41, 5.74) is 14.9. The molecule has 6 rings (SSSR count). The van der Waals surface area contributed by atoms with E-state index >= 15 is 0 Å². The summed E-state index contributed by atoms with van der Waals surface area (Å²) in [6.45, 7) is 0.702. The number of hydrogen-bond donors (Lipinski definition) is 4. The van der Waals surface area contributed by atoms with Gasteiger partial charge in [-0.25, -0.2) is 0 Å². The molecule has 1 aromatic heterocycles. The van der Waals surface area contributed by atoms with E-state index in [0.717, 1.165) is 47.9 Å². The van der Waals surface area contributed by atoms with E-state index in [2.05, 4.69) is 32.0 Å². The van der Waals surface area contributed by atoms with E-state index in [-0.39, 0.29) is 24.5 Å². The fourth-order valence-corrected chi connectivity index (χ4v) is 7.15. The van der Waals surface area contributed by atoms with Gasteiger partial charge in [0.15, 0.2) is 5.82 Å². The van der Waals surface area contributed by atoms with Crippen LogP contribution >= 0.6 is 0 Å². The number of carbonyl (C=O) groups is 3. The number of amides is 3. The number of aryl methyl sites for hydroxylation is 2. The molecule has 12 heteroatoms. The molecule has 1 saturated carbocycles. The molecule has 1 aliphatic heterocycles. The lowest BCUT2D eigenvalue weighted by molar-refractivity contribution is -0.130. The van der Waals surface area contributed by atoms with Gasteiger partial charge in [0.2, 0.25) is 17.7 Å². The van der Waals surface area contributed by atoms with Crippen molar-refractivity contribution in [1.29, 1.82) is 5.26 Å². The Morgan fingerprint density at radius 1 is 1.02 bits per heavy atom. The van der Waals surface area contributed by atoms with Crippen LogP contribution in [0.15, 0.2) is 36.4 Å². The molecule has 2 aliphatic carbocycles. The summed E-state index contributed by atoms with van der Waals surface area (Å²) in [6.07, 6.45) is 6.34. The number of H-pyrrole nitrogens is 1. The van der Waals surface area contributed by atoms with Crippen LogP contribution in [0.25, 0.3) is 0 Å². The highest BCUT2D eigenvalue weighted by Crippen LogP contribution is 2.48. The zero-order chi connectivity index (χ0) is 30.1. The van der Waals surface area contributed by atoms with Crippen LogP contribution in [-0.2, 0) is 23.1 Å². The van der Waals surface area contributed by atoms with Gasteiger partial charge in [0.25, 0.3) is 0 Å². The number of rotatable bonds is 9. The Bertz CT molecular complexity index is 1530. The van der Waals surface area contributed by atoms with Gasteiger partial charge in [-0.1, -0.05) is 23.8 Å². The van der Waals surface area contributed by atoms with E-state index in [9.17, 15) is 19.6 Å². The van der Waals surface area contributed by atoms with Crippen LogP contribution in [0.2, 0.25) is 0 Å². The molecule has 2 heterocycles. The number of fused-ring (bicyclic) bond motifs is 2. The number of tetrazole rings is 1. The number of aromatic amines is 1. The van der Waals surface area contributed by atoms with Gasteiger partial charge in [-0.3, -0.25) is 14.4 Å². The van der Waals surface area contributed by atoms with Gasteiger partial charge < -0.3 is 21.7 Å². The minimum absolute atomic E-state index is 0.0825. The summed E-state index contributed by atoms with van der Waals surface area (Å²) in [5.74, 6) is -0.350. The number of aromatic nitrogens is 4.